The average Bonchev–Trinajstić information content (AvgIpc) is 2.81. The minimum Gasteiger partial charge on any atom is -0.346 e. The number of benzene rings is 2. The molecule has 1 heterocycles. The summed E-state index contributed by atoms with van der Waals surface area (Å²) >= 11 is 0. The summed E-state index contributed by atoms with van der Waals surface area (Å²) in [4.78, 5) is 37.0. The number of hydroxylamine groups is 1. The van der Waals surface area contributed by atoms with Gasteiger partial charge in [-0.1, -0.05) is 25.5 Å². The number of hydrogen-bond acceptors (Lipinski definition) is 4. The van der Waals surface area contributed by atoms with E-state index in [0.29, 0.717) is 36.0 Å². The molecule has 168 valence electrons. The number of halogens is 1. The lowest BCUT2D eigenvalue weighted by atomic mass is 10.1. The summed E-state index contributed by atoms with van der Waals surface area (Å²) in [6.45, 7) is 2.38. The van der Waals surface area contributed by atoms with Crippen molar-refractivity contribution in [2.45, 2.75) is 45.6 Å². The van der Waals surface area contributed by atoms with Gasteiger partial charge in [-0.2, -0.15) is 0 Å². The second kappa shape index (κ2) is 10.7. The number of rotatable bonds is 9. The third-order valence-electron chi connectivity index (χ3n) is 5.34. The zero-order valence-electron chi connectivity index (χ0n) is 17.9. The first-order valence-corrected chi connectivity index (χ1v) is 10.6. The molecule has 3 N–H and O–H groups in total. The number of amides is 2. The normalized spacial score (nSPS) is 10.8. The average molecular weight is 439 g/mol. The Morgan fingerprint density at radius 1 is 1.09 bits per heavy atom. The molecule has 1 aromatic heterocycles. The Bertz CT molecular complexity index is 1190. The molecule has 0 saturated heterocycles. The molecule has 32 heavy (non-hydrogen) atoms. The van der Waals surface area contributed by atoms with Crippen LogP contribution in [0.1, 0.15) is 48.5 Å². The second-order valence-corrected chi connectivity index (χ2v) is 7.54. The molecule has 2 aromatic carbocycles. The van der Waals surface area contributed by atoms with Crippen molar-refractivity contribution in [3.8, 4) is 0 Å². The number of fused-ring (bicyclic) bond motifs is 1. The fourth-order valence-corrected chi connectivity index (χ4v) is 3.61. The first-order chi connectivity index (χ1) is 15.4. The van der Waals surface area contributed by atoms with Gasteiger partial charge in [0.15, 0.2) is 0 Å². The van der Waals surface area contributed by atoms with Crippen molar-refractivity contribution < 1.29 is 19.2 Å². The molecule has 0 fully saturated rings. The Labute approximate surface area is 184 Å². The number of carbonyl (C=O) groups is 2. The van der Waals surface area contributed by atoms with E-state index in [1.54, 1.807) is 29.9 Å². The molecule has 0 unspecified atom stereocenters. The van der Waals surface area contributed by atoms with Gasteiger partial charge < -0.3 is 9.88 Å². The van der Waals surface area contributed by atoms with Crippen molar-refractivity contribution in [1.29, 1.82) is 0 Å². The number of anilines is 1. The summed E-state index contributed by atoms with van der Waals surface area (Å²) in [5, 5.41) is 11.7. The maximum Gasteiger partial charge on any atom is 0.261 e. The molecule has 2 amide bonds. The third kappa shape index (κ3) is 5.39. The van der Waals surface area contributed by atoms with Gasteiger partial charge in [0.05, 0.1) is 5.52 Å². The number of unbranched alkanes of at least 4 members (excludes halogenated alkanes) is 2. The van der Waals surface area contributed by atoms with Crippen LogP contribution < -0.4 is 16.2 Å². The van der Waals surface area contributed by atoms with Crippen LogP contribution in [0, 0.1) is 5.82 Å². The Hall–Kier alpha value is -3.52. The Morgan fingerprint density at radius 2 is 1.88 bits per heavy atom. The fourth-order valence-electron chi connectivity index (χ4n) is 3.61. The van der Waals surface area contributed by atoms with Gasteiger partial charge in [-0.3, -0.25) is 19.6 Å². The van der Waals surface area contributed by atoms with Gasteiger partial charge in [-0.25, -0.2) is 9.87 Å². The quantitative estimate of drug-likeness (QED) is 0.266. The Kier molecular flexibility index (Phi) is 7.72. The first-order valence-electron chi connectivity index (χ1n) is 10.6. The lowest BCUT2D eigenvalue weighted by Crippen LogP contribution is -2.24. The predicted octanol–water partition coefficient (Wildman–Crippen LogP) is 4.02. The number of nitrogens with zero attached hydrogens (tertiary/aromatic N) is 1. The summed E-state index contributed by atoms with van der Waals surface area (Å²) in [5.74, 6) is -1.32. The van der Waals surface area contributed by atoms with Gasteiger partial charge in [-0.15, -0.1) is 0 Å². The monoisotopic (exact) mass is 439 g/mol. The number of aryl methyl sites for hydroxylation is 2. The summed E-state index contributed by atoms with van der Waals surface area (Å²) in [6, 6.07) is 11.4. The van der Waals surface area contributed by atoms with Crippen molar-refractivity contribution >= 4 is 28.4 Å². The summed E-state index contributed by atoms with van der Waals surface area (Å²) in [6.07, 6.45) is 4.34. The minimum absolute atomic E-state index is 0.00531. The number of carbonyl (C=O) groups excluding carboxylic acids is 2. The van der Waals surface area contributed by atoms with E-state index in [1.165, 1.54) is 12.1 Å². The molecular weight excluding hydrogens is 413 g/mol. The van der Waals surface area contributed by atoms with Crippen LogP contribution in [0.4, 0.5) is 10.1 Å². The smallest absolute Gasteiger partial charge is 0.261 e. The zero-order chi connectivity index (χ0) is 23.1. The Balaban J connectivity index is 1.83. The van der Waals surface area contributed by atoms with Gasteiger partial charge in [-0.05, 0) is 55.2 Å². The molecule has 0 radical (unpaired) electrons. The molecular formula is C24H26FN3O4. The zero-order valence-corrected chi connectivity index (χ0v) is 17.9. The highest BCUT2D eigenvalue weighted by Crippen LogP contribution is 2.18. The van der Waals surface area contributed by atoms with E-state index in [2.05, 4.69) is 5.32 Å². The molecule has 0 aliphatic rings. The van der Waals surface area contributed by atoms with E-state index < -0.39 is 11.8 Å². The van der Waals surface area contributed by atoms with Crippen molar-refractivity contribution in [2.75, 3.05) is 5.32 Å². The largest absolute Gasteiger partial charge is 0.346 e. The molecule has 3 rings (SSSR count). The van der Waals surface area contributed by atoms with Gasteiger partial charge in [0.25, 0.3) is 5.91 Å². The highest BCUT2D eigenvalue weighted by molar-refractivity contribution is 6.05. The molecule has 3 aromatic rings. The fraction of sp³-hybridized carbons (Fsp3) is 0.292. The van der Waals surface area contributed by atoms with Crippen LogP contribution >= 0.6 is 0 Å². The van der Waals surface area contributed by atoms with E-state index in [9.17, 15) is 18.8 Å². The van der Waals surface area contributed by atoms with Crippen LogP contribution in [0.2, 0.25) is 0 Å². The van der Waals surface area contributed by atoms with E-state index in [0.717, 1.165) is 18.4 Å². The van der Waals surface area contributed by atoms with E-state index in [-0.39, 0.29) is 23.2 Å². The van der Waals surface area contributed by atoms with Crippen LogP contribution in [-0.2, 0) is 17.8 Å². The van der Waals surface area contributed by atoms with Crippen LogP contribution in [0.15, 0.2) is 53.5 Å². The van der Waals surface area contributed by atoms with Gasteiger partial charge in [0.1, 0.15) is 11.4 Å². The van der Waals surface area contributed by atoms with Gasteiger partial charge >= 0.3 is 0 Å². The number of hydrogen-bond donors (Lipinski definition) is 3. The maximum absolute atomic E-state index is 13.8. The number of nitrogens with one attached hydrogen (secondary N) is 2. The summed E-state index contributed by atoms with van der Waals surface area (Å²) in [7, 11) is 0. The number of pyridine rings is 1. The highest BCUT2D eigenvalue weighted by Gasteiger charge is 2.16. The van der Waals surface area contributed by atoms with Crippen LogP contribution in [0.25, 0.3) is 10.9 Å². The SMILES string of the molecule is CCc1cc(NC(=O)c2cn(CCCCCC(=O)NO)c3ccccc3c2=O)ccc1F. The van der Waals surface area contributed by atoms with Crippen LogP contribution in [0.5, 0.6) is 0 Å². The molecule has 0 atom stereocenters. The molecule has 0 spiro atoms. The molecule has 8 heteroatoms. The molecule has 0 saturated carbocycles. The molecule has 7 nitrogen and oxygen atoms in total. The molecule has 0 aliphatic heterocycles. The maximum atomic E-state index is 13.8. The minimum atomic E-state index is -0.553. The van der Waals surface area contributed by atoms with Crippen molar-refractivity contribution in [2.24, 2.45) is 0 Å². The van der Waals surface area contributed by atoms with Gasteiger partial charge in [0.2, 0.25) is 11.3 Å². The molecule has 0 bridgehead atoms. The van der Waals surface area contributed by atoms with E-state index in [1.807, 2.05) is 23.6 Å². The second-order valence-electron chi connectivity index (χ2n) is 7.54. The van der Waals surface area contributed by atoms with Crippen LogP contribution in [0.3, 0.4) is 0 Å². The Morgan fingerprint density at radius 3 is 2.62 bits per heavy atom. The summed E-state index contributed by atoms with van der Waals surface area (Å²) < 4.78 is 15.6. The predicted molar refractivity (Wildman–Crippen MR) is 120 cm³/mol. The van der Waals surface area contributed by atoms with Crippen molar-refractivity contribution in [1.82, 2.24) is 10.0 Å². The van der Waals surface area contributed by atoms with Crippen LogP contribution in [-0.4, -0.2) is 21.6 Å². The summed E-state index contributed by atoms with van der Waals surface area (Å²) in [5.41, 5.74) is 2.87. The number of aromatic nitrogens is 1. The molecule has 0 aliphatic carbocycles. The first kappa shape index (κ1) is 23.1. The van der Waals surface area contributed by atoms with Crippen molar-refractivity contribution in [3.05, 3.63) is 75.8 Å². The van der Waals surface area contributed by atoms with Gasteiger partial charge in [0, 0.05) is 30.2 Å². The lowest BCUT2D eigenvalue weighted by Gasteiger charge is -2.14. The number of para-hydroxylation sites is 1. The third-order valence-corrected chi connectivity index (χ3v) is 5.34. The van der Waals surface area contributed by atoms with E-state index >= 15 is 0 Å². The topological polar surface area (TPSA) is 100 Å². The van der Waals surface area contributed by atoms with E-state index in [4.69, 9.17) is 5.21 Å². The van der Waals surface area contributed by atoms with Crippen molar-refractivity contribution in [3.63, 3.8) is 0 Å². The highest BCUT2D eigenvalue weighted by atomic mass is 19.1. The standard InChI is InChI=1S/C24H26FN3O4/c1-2-16-14-17(11-12-20(16)25)26-24(31)19-15-28(13-7-3-4-10-22(29)27-32)21-9-6-5-8-18(21)23(19)30/h5-6,8-9,11-12,14-15,32H,2-4,7,10,13H2,1H3,(H,26,31)(H,27,29). The lowest BCUT2D eigenvalue weighted by molar-refractivity contribution is -0.129.